The fourth-order valence-corrected chi connectivity index (χ4v) is 3.61. The van der Waals surface area contributed by atoms with Crippen molar-refractivity contribution < 1.29 is 4.79 Å². The van der Waals surface area contributed by atoms with Gasteiger partial charge >= 0.3 is 0 Å². The molecular weight excluding hydrogens is 374 g/mol. The third kappa shape index (κ3) is 4.18. The van der Waals surface area contributed by atoms with E-state index in [1.54, 1.807) is 4.68 Å². The van der Waals surface area contributed by atoms with Crippen molar-refractivity contribution in [3.05, 3.63) is 52.8 Å². The van der Waals surface area contributed by atoms with Gasteiger partial charge in [-0.3, -0.25) is 4.79 Å². The van der Waals surface area contributed by atoms with Gasteiger partial charge in [-0.15, -0.1) is 0 Å². The lowest BCUT2D eigenvalue weighted by Crippen LogP contribution is -2.30. The largest absolute Gasteiger partial charge is 0.352 e. The molecule has 0 fully saturated rings. The highest BCUT2D eigenvalue weighted by Crippen LogP contribution is 2.29. The molecule has 3 aromatic rings. The molecule has 0 radical (unpaired) electrons. The molecule has 0 saturated carbocycles. The molecule has 3 rings (SSSR count). The molecule has 7 heteroatoms. The molecule has 0 aliphatic carbocycles. The molecule has 0 aliphatic heterocycles. The van der Waals surface area contributed by atoms with Crippen LogP contribution in [0.2, 0.25) is 5.02 Å². The fraction of sp³-hybridized carbons (Fsp3) is 0.381. The summed E-state index contributed by atoms with van der Waals surface area (Å²) in [4.78, 5) is 19.4. The minimum Gasteiger partial charge on any atom is -0.352 e. The van der Waals surface area contributed by atoms with E-state index in [1.165, 1.54) is 6.20 Å². The summed E-state index contributed by atoms with van der Waals surface area (Å²) in [5, 5.41) is 8.62. The average molecular weight is 400 g/mol. The van der Waals surface area contributed by atoms with Gasteiger partial charge < -0.3 is 10.2 Å². The molecule has 148 valence electrons. The Hall–Kier alpha value is -2.44. The number of amides is 1. The maximum absolute atomic E-state index is 12.6. The van der Waals surface area contributed by atoms with Crippen molar-refractivity contribution in [3.63, 3.8) is 0 Å². The molecule has 28 heavy (non-hydrogen) atoms. The van der Waals surface area contributed by atoms with Gasteiger partial charge in [0.2, 0.25) is 0 Å². The number of nitrogens with one attached hydrogen (secondary N) is 1. The molecule has 1 N–H and O–H groups in total. The molecule has 0 unspecified atom stereocenters. The van der Waals surface area contributed by atoms with Crippen LogP contribution in [0.25, 0.3) is 16.7 Å². The zero-order valence-corrected chi connectivity index (χ0v) is 17.3. The molecule has 0 spiro atoms. The summed E-state index contributed by atoms with van der Waals surface area (Å²) in [5.74, 6) is -0.203. The van der Waals surface area contributed by atoms with E-state index in [0.717, 1.165) is 37.4 Å². The fourth-order valence-electron chi connectivity index (χ4n) is 3.26. The van der Waals surface area contributed by atoms with Gasteiger partial charge in [-0.25, -0.2) is 9.67 Å². The van der Waals surface area contributed by atoms with Crippen LogP contribution in [0.4, 0.5) is 0 Å². The summed E-state index contributed by atoms with van der Waals surface area (Å²) in [6.45, 7) is 9.75. The van der Waals surface area contributed by atoms with Crippen molar-refractivity contribution in [3.8, 4) is 5.69 Å². The molecular formula is C21H26ClN5O. The van der Waals surface area contributed by atoms with Crippen LogP contribution in [-0.4, -0.2) is 51.8 Å². The SMILES string of the molecule is CCN(CC)CCCNC(=O)c1cnc2c(c(C)nn2-c2ccccc2)c1Cl. The van der Waals surface area contributed by atoms with E-state index < -0.39 is 0 Å². The van der Waals surface area contributed by atoms with Gasteiger partial charge in [-0.1, -0.05) is 43.6 Å². The number of aryl methyl sites for hydroxylation is 1. The number of carbonyl (C=O) groups excluding carboxylic acids is 1. The highest BCUT2D eigenvalue weighted by atomic mass is 35.5. The summed E-state index contributed by atoms with van der Waals surface area (Å²) in [5.41, 5.74) is 2.67. The van der Waals surface area contributed by atoms with E-state index in [0.29, 0.717) is 28.2 Å². The number of pyridine rings is 1. The zero-order chi connectivity index (χ0) is 20.1. The molecule has 0 bridgehead atoms. The van der Waals surface area contributed by atoms with E-state index in [2.05, 4.69) is 34.1 Å². The first-order chi connectivity index (χ1) is 13.6. The first kappa shape index (κ1) is 20.3. The second kappa shape index (κ2) is 9.17. The Morgan fingerprint density at radius 3 is 2.61 bits per heavy atom. The molecule has 1 amide bonds. The van der Waals surface area contributed by atoms with E-state index in [4.69, 9.17) is 11.6 Å². The van der Waals surface area contributed by atoms with Crippen LogP contribution in [-0.2, 0) is 0 Å². The molecule has 2 aromatic heterocycles. The molecule has 0 atom stereocenters. The van der Waals surface area contributed by atoms with Crippen molar-refractivity contribution >= 4 is 28.5 Å². The molecule has 6 nitrogen and oxygen atoms in total. The van der Waals surface area contributed by atoms with E-state index >= 15 is 0 Å². The number of nitrogens with zero attached hydrogens (tertiary/aromatic N) is 4. The predicted molar refractivity (Wildman–Crippen MR) is 113 cm³/mol. The maximum atomic E-state index is 12.6. The van der Waals surface area contributed by atoms with Gasteiger partial charge in [-0.05, 0) is 45.1 Å². The number of benzene rings is 1. The first-order valence-electron chi connectivity index (χ1n) is 9.66. The minimum atomic E-state index is -0.203. The first-order valence-corrected chi connectivity index (χ1v) is 10.0. The van der Waals surface area contributed by atoms with Crippen LogP contribution in [0, 0.1) is 6.92 Å². The van der Waals surface area contributed by atoms with Gasteiger partial charge in [0.05, 0.1) is 27.4 Å². The Balaban J connectivity index is 1.79. The number of rotatable bonds is 8. The number of carbonyl (C=O) groups is 1. The van der Waals surface area contributed by atoms with Crippen LogP contribution in [0.15, 0.2) is 36.5 Å². The maximum Gasteiger partial charge on any atom is 0.254 e. The molecule has 1 aromatic carbocycles. The average Bonchev–Trinajstić information content (AvgIpc) is 3.06. The third-order valence-electron chi connectivity index (χ3n) is 4.88. The van der Waals surface area contributed by atoms with Gasteiger partial charge in [-0.2, -0.15) is 5.10 Å². The molecule has 2 heterocycles. The van der Waals surface area contributed by atoms with Gasteiger partial charge in [0.1, 0.15) is 0 Å². The standard InChI is InChI=1S/C21H26ClN5O/c1-4-26(5-2)13-9-12-23-21(28)17-14-24-20-18(19(17)22)15(3)25-27(20)16-10-7-6-8-11-16/h6-8,10-11,14H,4-5,9,12-13H2,1-3H3,(H,23,28). The second-order valence-electron chi connectivity index (χ2n) is 6.65. The number of para-hydroxylation sites is 1. The quantitative estimate of drug-likeness (QED) is 0.584. The zero-order valence-electron chi connectivity index (χ0n) is 16.6. The highest BCUT2D eigenvalue weighted by Gasteiger charge is 2.19. The van der Waals surface area contributed by atoms with E-state index in [9.17, 15) is 4.79 Å². The third-order valence-corrected chi connectivity index (χ3v) is 5.28. The Kier molecular flexibility index (Phi) is 6.65. The summed E-state index contributed by atoms with van der Waals surface area (Å²) >= 11 is 6.59. The van der Waals surface area contributed by atoms with Gasteiger partial charge in [0, 0.05) is 12.7 Å². The van der Waals surface area contributed by atoms with Crippen molar-refractivity contribution in [2.24, 2.45) is 0 Å². The Labute approximate surface area is 170 Å². The Morgan fingerprint density at radius 1 is 1.21 bits per heavy atom. The molecule has 0 saturated heterocycles. The highest BCUT2D eigenvalue weighted by molar-refractivity contribution is 6.38. The summed E-state index contributed by atoms with van der Waals surface area (Å²) in [6, 6.07) is 9.75. The monoisotopic (exact) mass is 399 g/mol. The lowest BCUT2D eigenvalue weighted by atomic mass is 10.2. The summed E-state index contributed by atoms with van der Waals surface area (Å²) in [6.07, 6.45) is 2.43. The smallest absolute Gasteiger partial charge is 0.254 e. The van der Waals surface area contributed by atoms with Crippen LogP contribution in [0.3, 0.4) is 0 Å². The predicted octanol–water partition coefficient (Wildman–Crippen LogP) is 3.84. The van der Waals surface area contributed by atoms with Crippen LogP contribution >= 0.6 is 11.6 Å². The van der Waals surface area contributed by atoms with Crippen molar-refractivity contribution in [1.29, 1.82) is 0 Å². The topological polar surface area (TPSA) is 63.1 Å². The van der Waals surface area contributed by atoms with Crippen molar-refractivity contribution in [2.75, 3.05) is 26.2 Å². The van der Waals surface area contributed by atoms with Crippen LogP contribution < -0.4 is 5.32 Å². The number of halogens is 1. The normalized spacial score (nSPS) is 11.3. The minimum absolute atomic E-state index is 0.203. The lowest BCUT2D eigenvalue weighted by molar-refractivity contribution is 0.0952. The van der Waals surface area contributed by atoms with Gasteiger partial charge in [0.15, 0.2) is 5.65 Å². The number of fused-ring (bicyclic) bond motifs is 1. The van der Waals surface area contributed by atoms with E-state index in [-0.39, 0.29) is 5.91 Å². The van der Waals surface area contributed by atoms with Crippen molar-refractivity contribution in [1.82, 2.24) is 25.0 Å². The summed E-state index contributed by atoms with van der Waals surface area (Å²) < 4.78 is 1.75. The Bertz CT molecular complexity index is 950. The molecule has 0 aliphatic rings. The Morgan fingerprint density at radius 2 is 1.93 bits per heavy atom. The van der Waals surface area contributed by atoms with Crippen LogP contribution in [0.1, 0.15) is 36.3 Å². The van der Waals surface area contributed by atoms with E-state index in [1.807, 2.05) is 37.3 Å². The van der Waals surface area contributed by atoms with Crippen LogP contribution in [0.5, 0.6) is 0 Å². The number of hydrogen-bond acceptors (Lipinski definition) is 4. The van der Waals surface area contributed by atoms with Crippen molar-refractivity contribution in [2.45, 2.75) is 27.2 Å². The summed E-state index contributed by atoms with van der Waals surface area (Å²) in [7, 11) is 0. The van der Waals surface area contributed by atoms with Gasteiger partial charge in [0.25, 0.3) is 5.91 Å². The number of hydrogen-bond donors (Lipinski definition) is 1. The second-order valence-corrected chi connectivity index (χ2v) is 7.03. The number of aromatic nitrogens is 3. The lowest BCUT2D eigenvalue weighted by Gasteiger charge is -2.17.